The number of hydrogen-bond donors (Lipinski definition) is 1. The van der Waals surface area contributed by atoms with Crippen LogP contribution < -0.4 is 5.56 Å². The fraction of sp³-hybridized carbons (Fsp3) is 0.0526. The Labute approximate surface area is 267 Å². The zero-order chi connectivity index (χ0) is 30.9. The Kier molecular flexibility index (Phi) is 7.53. The molecule has 0 spiro atoms. The maximum absolute atomic E-state index is 14.7. The summed E-state index contributed by atoms with van der Waals surface area (Å²) in [7, 11) is 0. The Bertz CT molecular complexity index is 2130. The lowest BCUT2D eigenvalue weighted by atomic mass is 9.80. The molecule has 0 bridgehead atoms. The second kappa shape index (κ2) is 11.9. The zero-order valence-electron chi connectivity index (χ0n) is 23.9. The van der Waals surface area contributed by atoms with Gasteiger partial charge in [0.1, 0.15) is 0 Å². The average molecular weight is 653 g/mol. The van der Waals surface area contributed by atoms with Gasteiger partial charge in [0.2, 0.25) is 0 Å². The van der Waals surface area contributed by atoms with Crippen molar-refractivity contribution in [2.24, 2.45) is 11.0 Å². The van der Waals surface area contributed by atoms with Crippen LogP contribution in [0.5, 0.6) is 0 Å². The van der Waals surface area contributed by atoms with E-state index in [0.717, 1.165) is 21.0 Å². The van der Waals surface area contributed by atoms with Crippen LogP contribution in [0.1, 0.15) is 37.9 Å². The molecule has 6 aromatic rings. The molecule has 0 unspecified atom stereocenters. The molecule has 7 heteroatoms. The summed E-state index contributed by atoms with van der Waals surface area (Å²) in [4.78, 5) is 46.1. The lowest BCUT2D eigenvalue weighted by Gasteiger charge is -2.27. The van der Waals surface area contributed by atoms with Crippen molar-refractivity contribution in [1.82, 2.24) is 9.99 Å². The van der Waals surface area contributed by atoms with Crippen LogP contribution in [0.3, 0.4) is 0 Å². The van der Waals surface area contributed by atoms with Gasteiger partial charge in [-0.3, -0.25) is 14.4 Å². The highest BCUT2D eigenvalue weighted by molar-refractivity contribution is 9.10. The predicted molar refractivity (Wildman–Crippen MR) is 180 cm³/mol. The van der Waals surface area contributed by atoms with Gasteiger partial charge in [-0.2, -0.15) is 5.10 Å². The quantitative estimate of drug-likeness (QED) is 0.185. The van der Waals surface area contributed by atoms with Gasteiger partial charge in [-0.1, -0.05) is 125 Å². The van der Waals surface area contributed by atoms with Gasteiger partial charge in [0.05, 0.1) is 23.2 Å². The number of nitrogens with one attached hydrogen (secondary N) is 1. The summed E-state index contributed by atoms with van der Waals surface area (Å²) in [5, 5.41) is 7.10. The van der Waals surface area contributed by atoms with Gasteiger partial charge in [-0.05, 0) is 41.5 Å². The van der Waals surface area contributed by atoms with E-state index < -0.39 is 17.5 Å². The van der Waals surface area contributed by atoms with Crippen LogP contribution in [0.2, 0.25) is 0 Å². The molecule has 5 aromatic carbocycles. The summed E-state index contributed by atoms with van der Waals surface area (Å²) in [6.45, 7) is 0. The number of nitrogens with zero attached hydrogens (tertiary/aromatic N) is 2. The fourth-order valence-corrected chi connectivity index (χ4v) is 6.43. The van der Waals surface area contributed by atoms with E-state index in [1.54, 1.807) is 48.5 Å². The van der Waals surface area contributed by atoms with Crippen molar-refractivity contribution >= 4 is 44.2 Å². The van der Waals surface area contributed by atoms with Crippen LogP contribution in [0, 0.1) is 5.92 Å². The van der Waals surface area contributed by atoms with Crippen LogP contribution >= 0.6 is 15.9 Å². The minimum Gasteiger partial charge on any atom is -0.321 e. The molecule has 0 fully saturated rings. The van der Waals surface area contributed by atoms with E-state index >= 15 is 0 Å². The summed E-state index contributed by atoms with van der Waals surface area (Å²) in [6, 6.07) is 41.7. The SMILES string of the molecule is O=C(c1ccccc1)[C@H]1C(c2c(-c3ccccc3)c3cc(Br)ccc3[nH]c2=O)=NN(C(=O)c2ccccc2)[C@@H]1c1ccccc1. The number of Topliss-reactive ketones (excluding diaryl/α,β-unsaturated/α-hetero) is 1. The summed E-state index contributed by atoms with van der Waals surface area (Å²) in [6.07, 6.45) is 0. The van der Waals surface area contributed by atoms with Crippen LogP contribution in [0.4, 0.5) is 0 Å². The minimum absolute atomic E-state index is 0.237. The first-order chi connectivity index (χ1) is 22.0. The van der Waals surface area contributed by atoms with Crippen molar-refractivity contribution in [2.45, 2.75) is 6.04 Å². The van der Waals surface area contributed by atoms with Gasteiger partial charge < -0.3 is 4.98 Å². The van der Waals surface area contributed by atoms with E-state index in [2.05, 4.69) is 20.9 Å². The molecule has 1 aromatic heterocycles. The molecule has 2 atom stereocenters. The van der Waals surface area contributed by atoms with E-state index in [1.807, 2.05) is 91.0 Å². The van der Waals surface area contributed by atoms with Crippen molar-refractivity contribution in [3.63, 3.8) is 0 Å². The van der Waals surface area contributed by atoms with Gasteiger partial charge in [0.25, 0.3) is 11.5 Å². The molecule has 0 saturated heterocycles. The lowest BCUT2D eigenvalue weighted by Crippen LogP contribution is -2.36. The predicted octanol–water partition coefficient (Wildman–Crippen LogP) is 8.06. The standard InChI is InChI=1S/C38H26BrN3O3/c39-28-21-22-30-29(23-28)31(24-13-5-1-6-14-24)32(37(44)40-30)34-33(36(43)26-17-9-3-10-18-26)35(25-15-7-2-8-16-25)42(41-34)38(45)27-19-11-4-12-20-27/h1-23,33,35H,(H,40,44)/t33-,35+/m0/s1. The number of aromatic nitrogens is 1. The van der Waals surface area contributed by atoms with E-state index in [0.29, 0.717) is 22.2 Å². The number of aromatic amines is 1. The normalized spacial score (nSPS) is 16.0. The maximum Gasteiger partial charge on any atom is 0.274 e. The average Bonchev–Trinajstić information content (AvgIpc) is 3.49. The fourth-order valence-electron chi connectivity index (χ4n) is 6.07. The lowest BCUT2D eigenvalue weighted by molar-refractivity contribution is 0.0666. The van der Waals surface area contributed by atoms with Crippen molar-refractivity contribution in [3.8, 4) is 11.1 Å². The molecule has 1 amide bonds. The van der Waals surface area contributed by atoms with Crippen LogP contribution in [0.15, 0.2) is 154 Å². The van der Waals surface area contributed by atoms with E-state index in [1.165, 1.54) is 5.01 Å². The zero-order valence-corrected chi connectivity index (χ0v) is 25.5. The molecular weight excluding hydrogens is 626 g/mol. The number of hydrazone groups is 1. The highest BCUT2D eigenvalue weighted by Crippen LogP contribution is 2.43. The van der Waals surface area contributed by atoms with Gasteiger partial charge in [0.15, 0.2) is 5.78 Å². The molecule has 7 rings (SSSR count). The van der Waals surface area contributed by atoms with Crippen LogP contribution in [-0.4, -0.2) is 27.4 Å². The highest BCUT2D eigenvalue weighted by atomic mass is 79.9. The number of halogens is 1. The summed E-state index contributed by atoms with van der Waals surface area (Å²) < 4.78 is 0.832. The monoisotopic (exact) mass is 651 g/mol. The number of carbonyl (C=O) groups is 2. The first-order valence-electron chi connectivity index (χ1n) is 14.5. The van der Waals surface area contributed by atoms with Crippen molar-refractivity contribution < 1.29 is 9.59 Å². The number of fused-ring (bicyclic) bond motifs is 1. The van der Waals surface area contributed by atoms with E-state index in [9.17, 15) is 14.4 Å². The first-order valence-corrected chi connectivity index (χ1v) is 15.3. The number of rotatable bonds is 6. The molecule has 0 radical (unpaired) electrons. The number of amides is 1. The number of H-pyrrole nitrogens is 1. The number of ketones is 1. The third-order valence-corrected chi connectivity index (χ3v) is 8.59. The van der Waals surface area contributed by atoms with Gasteiger partial charge >= 0.3 is 0 Å². The summed E-state index contributed by atoms with van der Waals surface area (Å²) >= 11 is 3.60. The topological polar surface area (TPSA) is 82.6 Å². The smallest absolute Gasteiger partial charge is 0.274 e. The Morgan fingerprint density at radius 2 is 1.27 bits per heavy atom. The van der Waals surface area contributed by atoms with Crippen LogP contribution in [-0.2, 0) is 0 Å². The third kappa shape index (κ3) is 5.21. The Morgan fingerprint density at radius 3 is 1.91 bits per heavy atom. The molecule has 218 valence electrons. The van der Waals surface area contributed by atoms with Gasteiger partial charge in [-0.15, -0.1) is 0 Å². The number of carbonyl (C=O) groups excluding carboxylic acids is 2. The maximum atomic E-state index is 14.7. The molecule has 6 nitrogen and oxygen atoms in total. The molecule has 45 heavy (non-hydrogen) atoms. The molecule has 2 heterocycles. The first kappa shape index (κ1) is 28.4. The molecule has 1 N–H and O–H groups in total. The second-order valence-corrected chi connectivity index (χ2v) is 11.7. The Hall–Kier alpha value is -5.40. The Balaban J connectivity index is 1.55. The summed E-state index contributed by atoms with van der Waals surface area (Å²) in [5.74, 6) is -1.58. The number of benzene rings is 5. The van der Waals surface area contributed by atoms with Crippen molar-refractivity contribution in [3.05, 3.63) is 177 Å². The van der Waals surface area contributed by atoms with Crippen molar-refractivity contribution in [1.29, 1.82) is 0 Å². The largest absolute Gasteiger partial charge is 0.321 e. The Morgan fingerprint density at radius 1 is 0.689 bits per heavy atom. The third-order valence-electron chi connectivity index (χ3n) is 8.09. The molecule has 1 aliphatic rings. The van der Waals surface area contributed by atoms with Crippen LogP contribution in [0.25, 0.3) is 22.0 Å². The molecule has 0 saturated carbocycles. The highest BCUT2D eigenvalue weighted by Gasteiger charge is 2.47. The number of hydrogen-bond acceptors (Lipinski definition) is 4. The second-order valence-electron chi connectivity index (χ2n) is 10.8. The van der Waals surface area contributed by atoms with Gasteiger partial charge in [0, 0.05) is 32.1 Å². The van der Waals surface area contributed by atoms with Gasteiger partial charge in [-0.25, -0.2) is 5.01 Å². The molecular formula is C38H26BrN3O3. The molecule has 0 aliphatic carbocycles. The number of pyridine rings is 1. The molecule has 1 aliphatic heterocycles. The van der Waals surface area contributed by atoms with Crippen molar-refractivity contribution in [2.75, 3.05) is 0 Å². The summed E-state index contributed by atoms with van der Waals surface area (Å²) in [5.41, 5.74) is 3.80. The van der Waals surface area contributed by atoms with E-state index in [-0.39, 0.29) is 23.0 Å². The van der Waals surface area contributed by atoms with E-state index in [4.69, 9.17) is 5.10 Å². The minimum atomic E-state index is -0.976.